The molecule has 3 amide bonds. The molecule has 1 aliphatic heterocycles. The number of imide groups is 1. The number of para-hydroxylation sites is 2. The molecule has 0 bridgehead atoms. The van der Waals surface area contributed by atoms with Gasteiger partial charge in [0.2, 0.25) is 0 Å². The molecule has 0 aromatic heterocycles. The molecule has 7 nitrogen and oxygen atoms in total. The Morgan fingerprint density at radius 3 is 2.61 bits per heavy atom. The van der Waals surface area contributed by atoms with Crippen molar-refractivity contribution in [2.45, 2.75) is 6.92 Å². The summed E-state index contributed by atoms with van der Waals surface area (Å²) in [6, 6.07) is 21.4. The molecule has 1 N–H and O–H groups in total. The van der Waals surface area contributed by atoms with E-state index in [1.807, 2.05) is 31.2 Å². The maximum Gasteiger partial charge on any atom is 0.293 e. The molecule has 1 fully saturated rings. The molecular weight excluding hydrogens is 500 g/mol. The number of halogens is 1. The quantitative estimate of drug-likeness (QED) is 0.358. The molecular formula is C27H23ClN2O5S. The first-order valence-electron chi connectivity index (χ1n) is 11.1. The summed E-state index contributed by atoms with van der Waals surface area (Å²) in [7, 11) is 0. The molecule has 0 radical (unpaired) electrons. The lowest BCUT2D eigenvalue weighted by molar-refractivity contribution is -0.123. The Morgan fingerprint density at radius 2 is 1.81 bits per heavy atom. The highest BCUT2D eigenvalue weighted by molar-refractivity contribution is 8.18. The minimum Gasteiger partial charge on any atom is -0.492 e. The van der Waals surface area contributed by atoms with E-state index in [9.17, 15) is 14.4 Å². The number of hydrogen-bond donors (Lipinski definition) is 1. The third-order valence-corrected chi connectivity index (χ3v) is 6.40. The molecule has 0 unspecified atom stereocenters. The van der Waals surface area contributed by atoms with Gasteiger partial charge in [0.1, 0.15) is 18.1 Å². The molecule has 9 heteroatoms. The van der Waals surface area contributed by atoms with E-state index in [2.05, 4.69) is 5.32 Å². The minimum atomic E-state index is -0.399. The van der Waals surface area contributed by atoms with Crippen molar-refractivity contribution in [1.82, 2.24) is 4.90 Å². The van der Waals surface area contributed by atoms with E-state index in [0.717, 1.165) is 22.2 Å². The number of nitrogens with zero attached hydrogens (tertiary/aromatic N) is 1. The van der Waals surface area contributed by atoms with Crippen LogP contribution in [-0.4, -0.2) is 41.7 Å². The predicted molar refractivity (Wildman–Crippen MR) is 141 cm³/mol. The van der Waals surface area contributed by atoms with Crippen molar-refractivity contribution in [3.63, 3.8) is 0 Å². The van der Waals surface area contributed by atoms with Gasteiger partial charge in [0.15, 0.2) is 6.61 Å². The molecule has 1 aliphatic rings. The number of hydrogen-bond acceptors (Lipinski definition) is 6. The molecule has 1 heterocycles. The number of carbonyl (C=O) groups is 3. The highest BCUT2D eigenvalue weighted by atomic mass is 35.5. The van der Waals surface area contributed by atoms with E-state index >= 15 is 0 Å². The SMILES string of the molecule is Cc1cccc(OCCN2C(=O)S/C(=C\c3ccccc3OCC(=O)Nc3ccccc3Cl)C2=O)c1. The monoisotopic (exact) mass is 522 g/mol. The van der Waals surface area contributed by atoms with E-state index < -0.39 is 5.91 Å². The normalized spacial score (nSPS) is 14.3. The fraction of sp³-hybridized carbons (Fsp3) is 0.148. The highest BCUT2D eigenvalue weighted by Crippen LogP contribution is 2.34. The molecule has 0 atom stereocenters. The van der Waals surface area contributed by atoms with Crippen LogP contribution in [0.5, 0.6) is 11.5 Å². The summed E-state index contributed by atoms with van der Waals surface area (Å²) in [5.74, 6) is 0.305. The van der Waals surface area contributed by atoms with Gasteiger partial charge in [0, 0.05) is 5.56 Å². The number of benzene rings is 3. The molecule has 0 aliphatic carbocycles. The van der Waals surface area contributed by atoms with Crippen LogP contribution in [0.3, 0.4) is 0 Å². The van der Waals surface area contributed by atoms with Gasteiger partial charge in [-0.05, 0) is 60.7 Å². The Labute approximate surface area is 218 Å². The summed E-state index contributed by atoms with van der Waals surface area (Å²) in [5.41, 5.74) is 2.12. The first kappa shape index (κ1) is 25.3. The molecule has 184 valence electrons. The average molecular weight is 523 g/mol. The molecule has 0 spiro atoms. The minimum absolute atomic E-state index is 0.135. The second-order valence-electron chi connectivity index (χ2n) is 7.85. The third kappa shape index (κ3) is 6.47. The van der Waals surface area contributed by atoms with Gasteiger partial charge in [-0.15, -0.1) is 0 Å². The van der Waals surface area contributed by atoms with E-state index in [1.54, 1.807) is 54.6 Å². The summed E-state index contributed by atoms with van der Waals surface area (Å²) < 4.78 is 11.4. The van der Waals surface area contributed by atoms with Crippen LogP contribution in [0.2, 0.25) is 5.02 Å². The van der Waals surface area contributed by atoms with E-state index in [1.165, 1.54) is 0 Å². The summed E-state index contributed by atoms with van der Waals surface area (Å²) in [6.45, 7) is 2.03. The number of thioether (sulfide) groups is 1. The number of ether oxygens (including phenoxy) is 2. The maximum absolute atomic E-state index is 12.9. The topological polar surface area (TPSA) is 84.9 Å². The summed E-state index contributed by atoms with van der Waals surface area (Å²) >= 11 is 6.93. The van der Waals surface area contributed by atoms with Crippen LogP contribution in [0.1, 0.15) is 11.1 Å². The fourth-order valence-electron chi connectivity index (χ4n) is 3.42. The zero-order valence-corrected chi connectivity index (χ0v) is 21.0. The number of amides is 3. The summed E-state index contributed by atoms with van der Waals surface area (Å²) in [5, 5.41) is 2.75. The van der Waals surface area contributed by atoms with Crippen LogP contribution >= 0.6 is 23.4 Å². The van der Waals surface area contributed by atoms with Gasteiger partial charge in [0.25, 0.3) is 17.1 Å². The highest BCUT2D eigenvalue weighted by Gasteiger charge is 2.35. The lowest BCUT2D eigenvalue weighted by atomic mass is 10.2. The van der Waals surface area contributed by atoms with Crippen LogP contribution in [0, 0.1) is 6.92 Å². The first-order valence-corrected chi connectivity index (χ1v) is 12.3. The molecule has 1 saturated heterocycles. The van der Waals surface area contributed by atoms with E-state index in [0.29, 0.717) is 27.8 Å². The number of aryl methyl sites for hydroxylation is 1. The van der Waals surface area contributed by atoms with Gasteiger partial charge in [-0.1, -0.05) is 54.1 Å². The molecule has 0 saturated carbocycles. The zero-order valence-electron chi connectivity index (χ0n) is 19.4. The van der Waals surface area contributed by atoms with Crippen LogP contribution < -0.4 is 14.8 Å². The van der Waals surface area contributed by atoms with Gasteiger partial charge in [-0.3, -0.25) is 19.3 Å². The number of anilines is 1. The van der Waals surface area contributed by atoms with Gasteiger partial charge >= 0.3 is 0 Å². The average Bonchev–Trinajstić information content (AvgIpc) is 3.12. The number of carbonyl (C=O) groups excluding carboxylic acids is 3. The van der Waals surface area contributed by atoms with E-state index in [-0.39, 0.29) is 35.8 Å². The fourth-order valence-corrected chi connectivity index (χ4v) is 4.46. The lowest BCUT2D eigenvalue weighted by Crippen LogP contribution is -2.32. The second kappa shape index (κ2) is 11.8. The molecule has 3 aromatic carbocycles. The predicted octanol–water partition coefficient (Wildman–Crippen LogP) is 5.78. The molecule has 3 aromatic rings. The van der Waals surface area contributed by atoms with Crippen molar-refractivity contribution >= 4 is 52.2 Å². The Hall–Kier alpha value is -3.75. The Morgan fingerprint density at radius 1 is 1.03 bits per heavy atom. The Kier molecular flexibility index (Phi) is 8.30. The largest absolute Gasteiger partial charge is 0.492 e. The third-order valence-electron chi connectivity index (χ3n) is 5.16. The van der Waals surface area contributed by atoms with Crippen molar-refractivity contribution < 1.29 is 23.9 Å². The van der Waals surface area contributed by atoms with Crippen molar-refractivity contribution in [3.8, 4) is 11.5 Å². The van der Waals surface area contributed by atoms with E-state index in [4.69, 9.17) is 21.1 Å². The Bertz CT molecular complexity index is 1330. The van der Waals surface area contributed by atoms with Gasteiger partial charge in [0.05, 0.1) is 22.2 Å². The van der Waals surface area contributed by atoms with Crippen molar-refractivity contribution in [2.24, 2.45) is 0 Å². The number of rotatable bonds is 9. The zero-order chi connectivity index (χ0) is 25.5. The lowest BCUT2D eigenvalue weighted by Gasteiger charge is -2.13. The smallest absolute Gasteiger partial charge is 0.293 e. The molecule has 36 heavy (non-hydrogen) atoms. The maximum atomic E-state index is 12.9. The van der Waals surface area contributed by atoms with Gasteiger partial charge in [-0.25, -0.2) is 0 Å². The summed E-state index contributed by atoms with van der Waals surface area (Å²) in [6.07, 6.45) is 1.59. The second-order valence-corrected chi connectivity index (χ2v) is 9.25. The Balaban J connectivity index is 1.37. The van der Waals surface area contributed by atoms with Crippen LogP contribution in [0.4, 0.5) is 10.5 Å². The number of nitrogens with one attached hydrogen (secondary N) is 1. The van der Waals surface area contributed by atoms with Crippen LogP contribution in [0.25, 0.3) is 6.08 Å². The first-order chi connectivity index (χ1) is 17.4. The standard InChI is InChI=1S/C27H23ClN2O5S/c1-18-7-6-9-20(15-18)34-14-13-30-26(32)24(36-27(30)33)16-19-8-2-5-12-23(19)35-17-25(31)29-22-11-4-3-10-21(22)28/h2-12,15-16H,13-14,17H2,1H3,(H,29,31)/b24-16-. The van der Waals surface area contributed by atoms with Crippen molar-refractivity contribution in [2.75, 3.05) is 25.1 Å². The van der Waals surface area contributed by atoms with Crippen LogP contribution in [0.15, 0.2) is 77.7 Å². The van der Waals surface area contributed by atoms with Crippen LogP contribution in [-0.2, 0) is 9.59 Å². The van der Waals surface area contributed by atoms with Gasteiger partial charge in [-0.2, -0.15) is 0 Å². The van der Waals surface area contributed by atoms with Gasteiger partial charge < -0.3 is 14.8 Å². The van der Waals surface area contributed by atoms with Crippen molar-refractivity contribution in [1.29, 1.82) is 0 Å². The van der Waals surface area contributed by atoms with Crippen molar-refractivity contribution in [3.05, 3.63) is 93.9 Å². The molecule has 4 rings (SSSR count). The summed E-state index contributed by atoms with van der Waals surface area (Å²) in [4.78, 5) is 39.1.